The third kappa shape index (κ3) is 6.01. The summed E-state index contributed by atoms with van der Waals surface area (Å²) in [5.41, 5.74) is 5.66. The first kappa shape index (κ1) is 23.5. The second-order valence-electron chi connectivity index (χ2n) is 8.72. The number of hydrogen-bond donors (Lipinski definition) is 2. The second kappa shape index (κ2) is 11.5. The van der Waals surface area contributed by atoms with Crippen LogP contribution in [0.3, 0.4) is 0 Å². The number of pyridine rings is 1. The second-order valence-corrected chi connectivity index (χ2v) is 8.72. The fraction of sp³-hybridized carbons (Fsp3) is 0.321. The molecule has 34 heavy (non-hydrogen) atoms. The first-order chi connectivity index (χ1) is 16.6. The molecule has 1 aromatic heterocycles. The van der Waals surface area contributed by atoms with Crippen molar-refractivity contribution in [1.82, 2.24) is 10.3 Å². The van der Waals surface area contributed by atoms with Gasteiger partial charge >= 0.3 is 0 Å². The topological polar surface area (TPSA) is 74.3 Å². The molecule has 4 rings (SSSR count). The molecule has 0 saturated heterocycles. The predicted octanol–water partition coefficient (Wildman–Crippen LogP) is 5.09. The zero-order chi connectivity index (χ0) is 23.8. The van der Waals surface area contributed by atoms with Crippen LogP contribution in [-0.4, -0.2) is 23.3 Å². The Hall–Kier alpha value is -3.67. The van der Waals surface area contributed by atoms with Gasteiger partial charge in [0.05, 0.1) is 5.56 Å². The SMILES string of the molecule is CCCCCC(=O)Nc1ccc(N2CCc3ccccc3C2)c(C(=O)NCc2cccnc2)c1. The zero-order valence-corrected chi connectivity index (χ0v) is 19.7. The lowest BCUT2D eigenvalue weighted by molar-refractivity contribution is -0.116. The fourth-order valence-electron chi connectivity index (χ4n) is 4.31. The van der Waals surface area contributed by atoms with Crippen molar-refractivity contribution in [2.24, 2.45) is 0 Å². The van der Waals surface area contributed by atoms with Crippen LogP contribution in [0.4, 0.5) is 11.4 Å². The number of amides is 2. The molecule has 0 spiro atoms. The summed E-state index contributed by atoms with van der Waals surface area (Å²) in [6.45, 7) is 4.10. The number of aromatic nitrogens is 1. The van der Waals surface area contributed by atoms with Gasteiger partial charge in [-0.15, -0.1) is 0 Å². The summed E-state index contributed by atoms with van der Waals surface area (Å²) in [5.74, 6) is -0.186. The molecule has 0 bridgehead atoms. The Bertz CT molecular complexity index is 1130. The molecular weight excluding hydrogens is 424 g/mol. The first-order valence-electron chi connectivity index (χ1n) is 12.1. The summed E-state index contributed by atoms with van der Waals surface area (Å²) in [5, 5.41) is 5.99. The number of benzene rings is 2. The van der Waals surface area contributed by atoms with Crippen LogP contribution in [0.5, 0.6) is 0 Å². The van der Waals surface area contributed by atoms with Gasteiger partial charge in [-0.05, 0) is 53.8 Å². The fourth-order valence-corrected chi connectivity index (χ4v) is 4.31. The van der Waals surface area contributed by atoms with E-state index >= 15 is 0 Å². The van der Waals surface area contributed by atoms with Crippen LogP contribution in [0.15, 0.2) is 67.0 Å². The zero-order valence-electron chi connectivity index (χ0n) is 19.7. The van der Waals surface area contributed by atoms with Crippen LogP contribution >= 0.6 is 0 Å². The molecule has 1 aliphatic rings. The van der Waals surface area contributed by atoms with E-state index in [0.717, 1.165) is 50.0 Å². The van der Waals surface area contributed by atoms with Crippen LogP contribution in [0.1, 0.15) is 59.7 Å². The van der Waals surface area contributed by atoms with Crippen molar-refractivity contribution in [3.63, 3.8) is 0 Å². The lowest BCUT2D eigenvalue weighted by Gasteiger charge is -2.32. The molecule has 0 radical (unpaired) electrons. The molecule has 2 N–H and O–H groups in total. The Morgan fingerprint density at radius 2 is 1.88 bits per heavy atom. The molecule has 176 valence electrons. The van der Waals surface area contributed by atoms with Gasteiger partial charge in [0.1, 0.15) is 0 Å². The van der Waals surface area contributed by atoms with E-state index in [1.165, 1.54) is 11.1 Å². The number of carbonyl (C=O) groups is 2. The van der Waals surface area contributed by atoms with Crippen LogP contribution in [0.25, 0.3) is 0 Å². The van der Waals surface area contributed by atoms with Crippen molar-refractivity contribution < 1.29 is 9.59 Å². The third-order valence-corrected chi connectivity index (χ3v) is 6.18. The van der Waals surface area contributed by atoms with E-state index in [1.807, 2.05) is 24.3 Å². The number of rotatable bonds is 9. The molecule has 0 aliphatic carbocycles. The Labute approximate surface area is 201 Å². The Morgan fingerprint density at radius 3 is 2.68 bits per heavy atom. The van der Waals surface area contributed by atoms with Crippen molar-refractivity contribution in [3.05, 3.63) is 89.2 Å². The lowest BCUT2D eigenvalue weighted by Crippen LogP contribution is -2.33. The van der Waals surface area contributed by atoms with Gasteiger partial charge in [0.2, 0.25) is 5.91 Å². The molecule has 1 aliphatic heterocycles. The maximum absolute atomic E-state index is 13.3. The summed E-state index contributed by atoms with van der Waals surface area (Å²) in [4.78, 5) is 32.0. The minimum atomic E-state index is -0.167. The summed E-state index contributed by atoms with van der Waals surface area (Å²) in [6, 6.07) is 17.9. The van der Waals surface area contributed by atoms with E-state index in [9.17, 15) is 9.59 Å². The Kier molecular flexibility index (Phi) is 7.91. The minimum Gasteiger partial charge on any atom is -0.366 e. The number of fused-ring (bicyclic) bond motifs is 1. The lowest BCUT2D eigenvalue weighted by atomic mass is 9.98. The summed E-state index contributed by atoms with van der Waals surface area (Å²) in [7, 11) is 0. The van der Waals surface area contributed by atoms with Gasteiger partial charge in [-0.3, -0.25) is 14.6 Å². The average molecular weight is 457 g/mol. The van der Waals surface area contributed by atoms with Crippen LogP contribution < -0.4 is 15.5 Å². The minimum absolute atomic E-state index is 0.0187. The number of hydrogen-bond acceptors (Lipinski definition) is 4. The molecule has 0 saturated carbocycles. The largest absolute Gasteiger partial charge is 0.366 e. The summed E-state index contributed by atoms with van der Waals surface area (Å²) in [6.07, 6.45) is 7.85. The molecule has 0 fully saturated rings. The maximum atomic E-state index is 13.3. The standard InChI is InChI=1S/C28H32N4O2/c1-2-3-4-11-27(33)31-24-12-13-26(32-16-14-22-9-5-6-10-23(22)20-32)25(17-24)28(34)30-19-21-8-7-15-29-18-21/h5-10,12-13,15,17-18H,2-4,11,14,16,19-20H2,1H3,(H,30,34)(H,31,33). The van der Waals surface area contributed by atoms with Crippen molar-refractivity contribution in [1.29, 1.82) is 0 Å². The molecule has 0 unspecified atom stereocenters. The smallest absolute Gasteiger partial charge is 0.253 e. The van der Waals surface area contributed by atoms with E-state index in [2.05, 4.69) is 51.7 Å². The molecule has 2 heterocycles. The monoisotopic (exact) mass is 456 g/mol. The molecule has 6 heteroatoms. The molecule has 0 atom stereocenters. The summed E-state index contributed by atoms with van der Waals surface area (Å²) >= 11 is 0. The van der Waals surface area contributed by atoms with E-state index in [4.69, 9.17) is 0 Å². The van der Waals surface area contributed by atoms with Crippen LogP contribution in [0, 0.1) is 0 Å². The quantitative estimate of drug-likeness (QED) is 0.440. The van der Waals surface area contributed by atoms with Gasteiger partial charge in [-0.2, -0.15) is 0 Å². The Morgan fingerprint density at radius 1 is 1.03 bits per heavy atom. The number of anilines is 2. The Balaban J connectivity index is 1.55. The van der Waals surface area contributed by atoms with Gasteiger partial charge in [0.15, 0.2) is 0 Å². The highest BCUT2D eigenvalue weighted by molar-refractivity contribution is 6.02. The summed E-state index contributed by atoms with van der Waals surface area (Å²) < 4.78 is 0. The normalized spacial score (nSPS) is 12.7. The molecule has 2 amide bonds. The van der Waals surface area contributed by atoms with Crippen molar-refractivity contribution in [2.45, 2.75) is 52.1 Å². The van der Waals surface area contributed by atoms with Gasteiger partial charge in [-0.1, -0.05) is 50.1 Å². The molecular formula is C28H32N4O2. The number of carbonyl (C=O) groups excluding carboxylic acids is 2. The predicted molar refractivity (Wildman–Crippen MR) is 136 cm³/mol. The van der Waals surface area contributed by atoms with Crippen LogP contribution in [-0.2, 0) is 24.3 Å². The average Bonchev–Trinajstić information content (AvgIpc) is 2.87. The molecule has 3 aromatic rings. The highest BCUT2D eigenvalue weighted by Crippen LogP contribution is 2.30. The number of nitrogens with one attached hydrogen (secondary N) is 2. The highest BCUT2D eigenvalue weighted by Gasteiger charge is 2.22. The van der Waals surface area contributed by atoms with Crippen molar-refractivity contribution in [2.75, 3.05) is 16.8 Å². The van der Waals surface area contributed by atoms with Gasteiger partial charge in [0, 0.05) is 49.8 Å². The van der Waals surface area contributed by atoms with E-state index in [0.29, 0.717) is 24.2 Å². The number of nitrogens with zero attached hydrogens (tertiary/aromatic N) is 2. The van der Waals surface area contributed by atoms with Crippen molar-refractivity contribution in [3.8, 4) is 0 Å². The van der Waals surface area contributed by atoms with Crippen molar-refractivity contribution >= 4 is 23.2 Å². The molecule has 6 nitrogen and oxygen atoms in total. The molecule has 2 aromatic carbocycles. The van der Waals surface area contributed by atoms with Crippen LogP contribution in [0.2, 0.25) is 0 Å². The third-order valence-electron chi connectivity index (χ3n) is 6.18. The first-order valence-corrected chi connectivity index (χ1v) is 12.1. The van der Waals surface area contributed by atoms with E-state index in [1.54, 1.807) is 18.5 Å². The van der Waals surface area contributed by atoms with Gasteiger partial charge < -0.3 is 15.5 Å². The highest BCUT2D eigenvalue weighted by atomic mass is 16.2. The maximum Gasteiger partial charge on any atom is 0.253 e. The van der Waals surface area contributed by atoms with Gasteiger partial charge in [0.25, 0.3) is 5.91 Å². The van der Waals surface area contributed by atoms with E-state index < -0.39 is 0 Å². The van der Waals surface area contributed by atoms with Gasteiger partial charge in [-0.25, -0.2) is 0 Å². The van der Waals surface area contributed by atoms with E-state index in [-0.39, 0.29) is 11.8 Å². The number of unbranched alkanes of at least 4 members (excludes halogenated alkanes) is 2.